The van der Waals surface area contributed by atoms with Gasteiger partial charge in [-0.1, -0.05) is 32.0 Å². The van der Waals surface area contributed by atoms with Crippen LogP contribution >= 0.6 is 0 Å². The first-order chi connectivity index (χ1) is 9.49. The number of nitrogen functional groups attached to an aromatic ring is 1. The quantitative estimate of drug-likeness (QED) is 0.794. The van der Waals surface area contributed by atoms with Crippen molar-refractivity contribution >= 4 is 23.2 Å². The molecule has 0 aliphatic heterocycles. The van der Waals surface area contributed by atoms with Crippen LogP contribution in [0.1, 0.15) is 35.7 Å². The number of nitrogens with two attached hydrogens (primary N) is 1. The van der Waals surface area contributed by atoms with E-state index in [2.05, 4.69) is 24.1 Å². The van der Waals surface area contributed by atoms with Crippen molar-refractivity contribution in [1.82, 2.24) is 4.98 Å². The molecule has 5 heteroatoms. The van der Waals surface area contributed by atoms with Crippen molar-refractivity contribution < 1.29 is 9.90 Å². The molecule has 104 valence electrons. The molecule has 0 atom stereocenters. The van der Waals surface area contributed by atoms with Gasteiger partial charge in [-0.25, -0.2) is 9.78 Å². The van der Waals surface area contributed by atoms with Crippen LogP contribution in [0.15, 0.2) is 36.5 Å². The summed E-state index contributed by atoms with van der Waals surface area (Å²) in [6.45, 7) is 4.20. The summed E-state index contributed by atoms with van der Waals surface area (Å²) in [4.78, 5) is 14.9. The minimum Gasteiger partial charge on any atom is -0.478 e. The molecular weight excluding hydrogens is 254 g/mol. The maximum atomic E-state index is 10.9. The third-order valence-electron chi connectivity index (χ3n) is 3.00. The lowest BCUT2D eigenvalue weighted by Gasteiger charge is -2.15. The van der Waals surface area contributed by atoms with E-state index in [-0.39, 0.29) is 5.56 Å². The average Bonchev–Trinajstić information content (AvgIpc) is 2.41. The topological polar surface area (TPSA) is 88.2 Å². The molecule has 2 rings (SSSR count). The average molecular weight is 271 g/mol. The normalized spacial score (nSPS) is 10.6. The van der Waals surface area contributed by atoms with Gasteiger partial charge in [-0.05, 0) is 23.6 Å². The number of para-hydroxylation sites is 1. The predicted octanol–water partition coefficient (Wildman–Crippen LogP) is 3.23. The van der Waals surface area contributed by atoms with Gasteiger partial charge in [0.15, 0.2) is 5.82 Å². The number of rotatable bonds is 4. The Balaban J connectivity index is 2.33. The lowest BCUT2D eigenvalue weighted by atomic mass is 10.0. The van der Waals surface area contributed by atoms with E-state index in [1.165, 1.54) is 12.3 Å². The summed E-state index contributed by atoms with van der Waals surface area (Å²) in [5.74, 6) is -0.223. The third-order valence-corrected chi connectivity index (χ3v) is 3.00. The van der Waals surface area contributed by atoms with Crippen LogP contribution in [0.5, 0.6) is 0 Å². The number of nitrogens with one attached hydrogen (secondary N) is 1. The minimum absolute atomic E-state index is 0.0743. The summed E-state index contributed by atoms with van der Waals surface area (Å²) >= 11 is 0. The highest BCUT2D eigenvalue weighted by molar-refractivity contribution is 5.89. The molecule has 0 aliphatic carbocycles. The van der Waals surface area contributed by atoms with Crippen molar-refractivity contribution in [1.29, 1.82) is 0 Å². The van der Waals surface area contributed by atoms with Crippen LogP contribution in [-0.4, -0.2) is 16.1 Å². The van der Waals surface area contributed by atoms with Crippen LogP contribution < -0.4 is 11.1 Å². The predicted molar refractivity (Wildman–Crippen MR) is 79.4 cm³/mol. The van der Waals surface area contributed by atoms with Gasteiger partial charge in [0.05, 0.1) is 11.3 Å². The third kappa shape index (κ3) is 2.88. The van der Waals surface area contributed by atoms with E-state index >= 15 is 0 Å². The molecule has 0 aliphatic rings. The highest BCUT2D eigenvalue weighted by Crippen LogP contribution is 2.28. The number of carbonyl (C=O) groups is 1. The lowest BCUT2D eigenvalue weighted by Crippen LogP contribution is -2.05. The summed E-state index contributed by atoms with van der Waals surface area (Å²) in [6.07, 6.45) is 1.29. The van der Waals surface area contributed by atoms with Gasteiger partial charge in [0.1, 0.15) is 0 Å². The van der Waals surface area contributed by atoms with Gasteiger partial charge in [0, 0.05) is 11.9 Å². The van der Waals surface area contributed by atoms with Gasteiger partial charge in [-0.15, -0.1) is 0 Å². The van der Waals surface area contributed by atoms with E-state index in [1.54, 1.807) is 0 Å². The zero-order chi connectivity index (χ0) is 14.7. The lowest BCUT2D eigenvalue weighted by molar-refractivity contribution is 0.0696. The number of aromatic nitrogens is 1. The number of hydrogen-bond donors (Lipinski definition) is 3. The molecule has 0 saturated heterocycles. The summed E-state index contributed by atoms with van der Waals surface area (Å²) in [5, 5.41) is 12.1. The molecule has 0 spiro atoms. The van der Waals surface area contributed by atoms with Gasteiger partial charge in [0.25, 0.3) is 0 Å². The first kappa shape index (κ1) is 13.9. The number of pyridine rings is 1. The Kier molecular flexibility index (Phi) is 3.89. The zero-order valence-corrected chi connectivity index (χ0v) is 11.4. The monoisotopic (exact) mass is 271 g/mol. The summed E-state index contributed by atoms with van der Waals surface area (Å²) in [7, 11) is 0. The highest BCUT2D eigenvalue weighted by Gasteiger charge is 2.10. The molecule has 5 nitrogen and oxygen atoms in total. The van der Waals surface area contributed by atoms with Crippen molar-refractivity contribution in [3.05, 3.63) is 47.7 Å². The van der Waals surface area contributed by atoms with Crippen molar-refractivity contribution in [3.63, 3.8) is 0 Å². The minimum atomic E-state index is -1.04. The molecule has 4 N–H and O–H groups in total. The Morgan fingerprint density at radius 2 is 2.05 bits per heavy atom. The van der Waals surface area contributed by atoms with Crippen molar-refractivity contribution in [2.45, 2.75) is 19.8 Å². The van der Waals surface area contributed by atoms with Gasteiger partial charge < -0.3 is 16.2 Å². The van der Waals surface area contributed by atoms with E-state index in [1.807, 2.05) is 24.3 Å². The number of aromatic carboxylic acids is 1. The number of carboxylic acids is 1. The van der Waals surface area contributed by atoms with Gasteiger partial charge in [-0.3, -0.25) is 0 Å². The Morgan fingerprint density at radius 3 is 2.65 bits per heavy atom. The van der Waals surface area contributed by atoms with Gasteiger partial charge >= 0.3 is 5.97 Å². The number of carboxylic acid groups (broad SMARTS) is 1. The number of nitrogens with zero attached hydrogens (tertiary/aromatic N) is 1. The highest BCUT2D eigenvalue weighted by atomic mass is 16.4. The largest absolute Gasteiger partial charge is 0.478 e. The number of anilines is 3. The van der Waals surface area contributed by atoms with E-state index < -0.39 is 5.97 Å². The second-order valence-electron chi connectivity index (χ2n) is 4.83. The second kappa shape index (κ2) is 5.61. The van der Waals surface area contributed by atoms with E-state index in [0.29, 0.717) is 17.4 Å². The maximum Gasteiger partial charge on any atom is 0.337 e. The molecule has 20 heavy (non-hydrogen) atoms. The molecule has 1 heterocycles. The van der Waals surface area contributed by atoms with E-state index in [4.69, 9.17) is 10.8 Å². The molecule has 0 fully saturated rings. The molecule has 0 radical (unpaired) electrons. The van der Waals surface area contributed by atoms with Crippen molar-refractivity contribution in [3.8, 4) is 0 Å². The summed E-state index contributed by atoms with van der Waals surface area (Å²) in [5.41, 5.74) is 8.30. The van der Waals surface area contributed by atoms with Crippen LogP contribution in [0.2, 0.25) is 0 Å². The Labute approximate surface area is 117 Å². The van der Waals surface area contributed by atoms with Crippen molar-refractivity contribution in [2.75, 3.05) is 11.1 Å². The fourth-order valence-corrected chi connectivity index (χ4v) is 1.95. The summed E-state index contributed by atoms with van der Waals surface area (Å²) < 4.78 is 0. The van der Waals surface area contributed by atoms with Crippen LogP contribution in [-0.2, 0) is 0 Å². The van der Waals surface area contributed by atoms with Crippen molar-refractivity contribution in [2.24, 2.45) is 0 Å². The molecule has 1 aromatic carbocycles. The van der Waals surface area contributed by atoms with Crippen LogP contribution in [0.25, 0.3) is 0 Å². The maximum absolute atomic E-state index is 10.9. The first-order valence-corrected chi connectivity index (χ1v) is 6.33. The van der Waals surface area contributed by atoms with Crippen LogP contribution in [0.4, 0.5) is 17.2 Å². The molecule has 0 amide bonds. The zero-order valence-electron chi connectivity index (χ0n) is 11.4. The fourth-order valence-electron chi connectivity index (χ4n) is 1.95. The smallest absolute Gasteiger partial charge is 0.337 e. The van der Waals surface area contributed by atoms with Gasteiger partial charge in [-0.2, -0.15) is 0 Å². The van der Waals surface area contributed by atoms with Gasteiger partial charge in [0.2, 0.25) is 0 Å². The van der Waals surface area contributed by atoms with Crippen LogP contribution in [0, 0.1) is 0 Å². The number of hydrogen-bond acceptors (Lipinski definition) is 4. The SMILES string of the molecule is CC(C)c1ccccc1Nc1ncc(C(=O)O)cc1N. The van der Waals surface area contributed by atoms with Crippen LogP contribution in [0.3, 0.4) is 0 Å². The molecule has 1 aromatic heterocycles. The standard InChI is InChI=1S/C15H17N3O2/c1-9(2)11-5-3-4-6-13(11)18-14-12(16)7-10(8-17-14)15(19)20/h3-9H,16H2,1-2H3,(H,17,18)(H,19,20). The fraction of sp³-hybridized carbons (Fsp3) is 0.200. The van der Waals surface area contributed by atoms with E-state index in [9.17, 15) is 4.79 Å². The Hall–Kier alpha value is -2.56. The Bertz CT molecular complexity index is 639. The number of benzene rings is 1. The summed E-state index contributed by atoms with van der Waals surface area (Å²) in [6, 6.07) is 9.28. The van der Waals surface area contributed by atoms with E-state index in [0.717, 1.165) is 11.3 Å². The molecule has 0 bridgehead atoms. The second-order valence-corrected chi connectivity index (χ2v) is 4.83. The molecule has 2 aromatic rings. The molecule has 0 saturated carbocycles. The molecular formula is C15H17N3O2. The first-order valence-electron chi connectivity index (χ1n) is 6.33. The Morgan fingerprint density at radius 1 is 1.35 bits per heavy atom. The molecule has 0 unspecified atom stereocenters.